The van der Waals surface area contributed by atoms with Crippen molar-refractivity contribution in [1.82, 2.24) is 9.62 Å². The van der Waals surface area contributed by atoms with Crippen molar-refractivity contribution in [1.29, 1.82) is 0 Å². The number of benzene rings is 1. The molecular formula is C17H22ClF3N2O3S. The Labute approximate surface area is 161 Å². The van der Waals surface area contributed by atoms with Crippen LogP contribution in [-0.4, -0.2) is 38.3 Å². The van der Waals surface area contributed by atoms with Crippen molar-refractivity contribution in [2.75, 3.05) is 13.6 Å². The van der Waals surface area contributed by atoms with Gasteiger partial charge >= 0.3 is 6.18 Å². The highest BCUT2D eigenvalue weighted by molar-refractivity contribution is 7.89. The van der Waals surface area contributed by atoms with Crippen molar-refractivity contribution >= 4 is 27.5 Å². The second-order valence-corrected chi connectivity index (χ2v) is 9.29. The molecule has 0 bridgehead atoms. The normalized spacial score (nSPS) is 21.3. The molecule has 1 aliphatic carbocycles. The van der Waals surface area contributed by atoms with E-state index in [1.54, 1.807) is 0 Å². The highest BCUT2D eigenvalue weighted by Crippen LogP contribution is 2.36. The smallest absolute Gasteiger partial charge is 0.352 e. The summed E-state index contributed by atoms with van der Waals surface area (Å²) >= 11 is 5.52. The number of likely N-dealkylation sites (N-methyl/N-ethyl adjacent to an activating group) is 1. The van der Waals surface area contributed by atoms with Crippen LogP contribution in [-0.2, 0) is 21.0 Å². The quantitative estimate of drug-likeness (QED) is 0.781. The third kappa shape index (κ3) is 5.36. The van der Waals surface area contributed by atoms with Crippen LogP contribution >= 0.6 is 11.6 Å². The van der Waals surface area contributed by atoms with Gasteiger partial charge in [-0.3, -0.25) is 4.79 Å². The van der Waals surface area contributed by atoms with Gasteiger partial charge in [-0.05, 0) is 37.0 Å². The number of rotatable bonds is 5. The van der Waals surface area contributed by atoms with Gasteiger partial charge in [0.15, 0.2) is 0 Å². The molecule has 0 radical (unpaired) electrons. The maximum Gasteiger partial charge on any atom is 0.417 e. The van der Waals surface area contributed by atoms with Crippen molar-refractivity contribution in [3.63, 3.8) is 0 Å². The van der Waals surface area contributed by atoms with Crippen LogP contribution < -0.4 is 5.32 Å². The zero-order valence-corrected chi connectivity index (χ0v) is 16.6. The minimum Gasteiger partial charge on any atom is -0.352 e. The number of halogens is 4. The molecule has 0 unspecified atom stereocenters. The fraction of sp³-hybridized carbons (Fsp3) is 0.588. The molecular weight excluding hydrogens is 405 g/mol. The number of amides is 1. The second-order valence-electron chi connectivity index (χ2n) is 6.84. The molecule has 1 fully saturated rings. The maximum absolute atomic E-state index is 13.0. The Balaban J connectivity index is 2.13. The van der Waals surface area contributed by atoms with Gasteiger partial charge in [0.25, 0.3) is 0 Å². The number of alkyl halides is 3. The van der Waals surface area contributed by atoms with Gasteiger partial charge in [-0.25, -0.2) is 8.42 Å². The molecule has 1 aromatic rings. The van der Waals surface area contributed by atoms with Crippen molar-refractivity contribution in [3.05, 3.63) is 28.8 Å². The SMILES string of the molecule is C[C@@H]1CCCC[C@@H]1NC(=O)CN(C)S(=O)(=O)c1ccc(Cl)c(C(F)(F)F)c1. The lowest BCUT2D eigenvalue weighted by Crippen LogP contribution is -2.46. The lowest BCUT2D eigenvalue weighted by Gasteiger charge is -2.30. The first-order valence-corrected chi connectivity index (χ1v) is 10.4. The molecule has 10 heteroatoms. The van der Waals surface area contributed by atoms with Crippen LogP contribution in [0.4, 0.5) is 13.2 Å². The van der Waals surface area contributed by atoms with E-state index in [0.29, 0.717) is 12.0 Å². The average Bonchev–Trinajstić information content (AvgIpc) is 2.56. The summed E-state index contributed by atoms with van der Waals surface area (Å²) in [7, 11) is -3.12. The van der Waals surface area contributed by atoms with Crippen LogP contribution in [0.15, 0.2) is 23.1 Å². The monoisotopic (exact) mass is 426 g/mol. The number of carbonyl (C=O) groups excluding carboxylic acids is 1. The van der Waals surface area contributed by atoms with Crippen LogP contribution in [0, 0.1) is 5.92 Å². The maximum atomic E-state index is 13.0. The van der Waals surface area contributed by atoms with Gasteiger partial charge in [0, 0.05) is 13.1 Å². The van der Waals surface area contributed by atoms with E-state index in [1.165, 1.54) is 0 Å². The Morgan fingerprint density at radius 1 is 1.30 bits per heavy atom. The minimum absolute atomic E-state index is 0.0188. The number of nitrogens with zero attached hydrogens (tertiary/aromatic N) is 1. The molecule has 5 nitrogen and oxygen atoms in total. The summed E-state index contributed by atoms with van der Waals surface area (Å²) < 4.78 is 64.7. The predicted octanol–water partition coefficient (Wildman–Crippen LogP) is 3.67. The number of carbonyl (C=O) groups is 1. The molecule has 1 saturated carbocycles. The Hall–Kier alpha value is -1.32. The third-order valence-corrected chi connectivity index (χ3v) is 6.90. The summed E-state index contributed by atoms with van der Waals surface area (Å²) in [5, 5.41) is 2.23. The summed E-state index contributed by atoms with van der Waals surface area (Å²) in [4.78, 5) is 11.6. The number of sulfonamides is 1. The van der Waals surface area contributed by atoms with Crippen molar-refractivity contribution in [2.45, 2.75) is 49.7 Å². The average molecular weight is 427 g/mol. The first kappa shape index (κ1) is 22.0. The molecule has 0 saturated heterocycles. The number of hydrogen-bond acceptors (Lipinski definition) is 3. The van der Waals surface area contributed by atoms with E-state index < -0.39 is 44.1 Å². The molecule has 1 aromatic carbocycles. The summed E-state index contributed by atoms with van der Waals surface area (Å²) in [5.41, 5.74) is -1.24. The lowest BCUT2D eigenvalue weighted by molar-refractivity contribution is -0.137. The highest BCUT2D eigenvalue weighted by Gasteiger charge is 2.35. The number of hydrogen-bond donors (Lipinski definition) is 1. The standard InChI is InChI=1S/C17H22ClF3N2O3S/c1-11-5-3-4-6-15(11)22-16(24)10-23(2)27(25,26)12-7-8-14(18)13(9-12)17(19,20)21/h7-9,11,15H,3-6,10H2,1-2H3,(H,22,24)/t11-,15+/m1/s1. The van der Waals surface area contributed by atoms with E-state index in [-0.39, 0.29) is 6.04 Å². The van der Waals surface area contributed by atoms with E-state index >= 15 is 0 Å². The Bertz CT molecular complexity index is 799. The molecule has 27 heavy (non-hydrogen) atoms. The van der Waals surface area contributed by atoms with Gasteiger partial charge in [-0.15, -0.1) is 0 Å². The van der Waals surface area contributed by atoms with Crippen LogP contribution in [0.2, 0.25) is 5.02 Å². The largest absolute Gasteiger partial charge is 0.417 e. The van der Waals surface area contributed by atoms with E-state index in [0.717, 1.165) is 49.2 Å². The third-order valence-electron chi connectivity index (χ3n) is 4.78. The van der Waals surface area contributed by atoms with Gasteiger partial charge < -0.3 is 5.32 Å². The Kier molecular flexibility index (Phi) is 6.81. The van der Waals surface area contributed by atoms with Gasteiger partial charge in [-0.2, -0.15) is 17.5 Å². The molecule has 2 atom stereocenters. The minimum atomic E-state index is -4.78. The van der Waals surface area contributed by atoms with E-state index in [9.17, 15) is 26.4 Å². The summed E-state index contributed by atoms with van der Waals surface area (Å²) in [6.45, 7) is 1.55. The molecule has 0 aliphatic heterocycles. The van der Waals surface area contributed by atoms with Gasteiger partial charge in [-0.1, -0.05) is 31.4 Å². The summed E-state index contributed by atoms with van der Waals surface area (Å²) in [5.74, 6) is -0.181. The van der Waals surface area contributed by atoms with Crippen molar-refractivity contribution in [2.24, 2.45) is 5.92 Å². The molecule has 2 rings (SSSR count). The zero-order chi connectivity index (χ0) is 20.4. The topological polar surface area (TPSA) is 66.5 Å². The first-order valence-electron chi connectivity index (χ1n) is 8.55. The van der Waals surface area contributed by atoms with Crippen LogP contribution in [0.1, 0.15) is 38.2 Å². The molecule has 0 spiro atoms. The van der Waals surface area contributed by atoms with Crippen molar-refractivity contribution in [3.8, 4) is 0 Å². The second kappa shape index (κ2) is 8.36. The molecule has 0 aromatic heterocycles. The summed E-state index contributed by atoms with van der Waals surface area (Å²) in [6, 6.07) is 2.34. The lowest BCUT2D eigenvalue weighted by atomic mass is 9.86. The molecule has 1 aliphatic rings. The molecule has 0 heterocycles. The van der Waals surface area contributed by atoms with Crippen molar-refractivity contribution < 1.29 is 26.4 Å². The van der Waals surface area contributed by atoms with Crippen LogP contribution in [0.25, 0.3) is 0 Å². The zero-order valence-electron chi connectivity index (χ0n) is 15.0. The number of nitrogens with one attached hydrogen (secondary N) is 1. The molecule has 1 amide bonds. The van der Waals surface area contributed by atoms with Crippen LogP contribution in [0.3, 0.4) is 0 Å². The Morgan fingerprint density at radius 2 is 1.93 bits per heavy atom. The van der Waals surface area contributed by atoms with E-state index in [4.69, 9.17) is 11.6 Å². The highest BCUT2D eigenvalue weighted by atomic mass is 35.5. The fourth-order valence-electron chi connectivity index (χ4n) is 3.13. The first-order chi connectivity index (χ1) is 12.4. The predicted molar refractivity (Wildman–Crippen MR) is 95.8 cm³/mol. The summed E-state index contributed by atoms with van der Waals surface area (Å²) in [6.07, 6.45) is -0.871. The molecule has 1 N–H and O–H groups in total. The van der Waals surface area contributed by atoms with Gasteiger partial charge in [0.1, 0.15) is 0 Å². The van der Waals surface area contributed by atoms with E-state index in [1.807, 2.05) is 6.92 Å². The molecule has 152 valence electrons. The Morgan fingerprint density at radius 3 is 2.52 bits per heavy atom. The van der Waals surface area contributed by atoms with E-state index in [2.05, 4.69) is 5.32 Å². The fourth-order valence-corrected chi connectivity index (χ4v) is 4.51. The van der Waals surface area contributed by atoms with Crippen LogP contribution in [0.5, 0.6) is 0 Å². The van der Waals surface area contributed by atoms with Gasteiger partial charge in [0.2, 0.25) is 15.9 Å². The van der Waals surface area contributed by atoms with Gasteiger partial charge in [0.05, 0.1) is 22.0 Å².